The lowest BCUT2D eigenvalue weighted by molar-refractivity contribution is -0.134. The zero-order valence-corrected chi connectivity index (χ0v) is 16.8. The van der Waals surface area contributed by atoms with Gasteiger partial charge < -0.3 is 9.80 Å². The summed E-state index contributed by atoms with van der Waals surface area (Å²) in [4.78, 5) is 28.8. The number of rotatable bonds is 6. The first-order valence-corrected chi connectivity index (χ1v) is 10.0. The van der Waals surface area contributed by atoms with Crippen LogP contribution in [0.5, 0.6) is 0 Å². The number of halogens is 1. The Balaban J connectivity index is 1.79. The maximum absolute atomic E-state index is 14.0. The number of amides is 2. The van der Waals surface area contributed by atoms with Crippen LogP contribution in [0.25, 0.3) is 11.1 Å². The number of nitrogens with zero attached hydrogens (tertiary/aromatic N) is 2. The van der Waals surface area contributed by atoms with Gasteiger partial charge in [-0.2, -0.15) is 0 Å². The van der Waals surface area contributed by atoms with Gasteiger partial charge in [-0.1, -0.05) is 55.5 Å². The van der Waals surface area contributed by atoms with E-state index in [4.69, 9.17) is 0 Å². The monoisotopic (exact) mass is 394 g/mol. The maximum atomic E-state index is 14.0. The van der Waals surface area contributed by atoms with Gasteiger partial charge in [0.15, 0.2) is 0 Å². The number of carbonyl (C=O) groups is 2. The van der Waals surface area contributed by atoms with E-state index in [2.05, 4.69) is 6.58 Å². The van der Waals surface area contributed by atoms with E-state index < -0.39 is 0 Å². The highest BCUT2D eigenvalue weighted by atomic mass is 19.1. The molecular weight excluding hydrogens is 367 g/mol. The second kappa shape index (κ2) is 9.50. The maximum Gasteiger partial charge on any atom is 0.228 e. The molecule has 2 aromatic rings. The van der Waals surface area contributed by atoms with E-state index in [1.165, 1.54) is 6.07 Å². The highest BCUT2D eigenvalue weighted by Crippen LogP contribution is 2.24. The first kappa shape index (κ1) is 20.8. The summed E-state index contributed by atoms with van der Waals surface area (Å²) in [5.41, 5.74) is 2.35. The van der Waals surface area contributed by atoms with Crippen molar-refractivity contribution in [3.05, 3.63) is 72.6 Å². The molecule has 1 saturated heterocycles. The average Bonchev–Trinajstić information content (AvgIpc) is 2.89. The van der Waals surface area contributed by atoms with E-state index >= 15 is 0 Å². The van der Waals surface area contributed by atoms with Crippen molar-refractivity contribution in [1.82, 2.24) is 9.80 Å². The van der Waals surface area contributed by atoms with Gasteiger partial charge in [-0.05, 0) is 23.6 Å². The zero-order chi connectivity index (χ0) is 20.8. The van der Waals surface area contributed by atoms with Crippen LogP contribution >= 0.6 is 0 Å². The molecule has 0 aliphatic carbocycles. The van der Waals surface area contributed by atoms with Crippen LogP contribution in [0.3, 0.4) is 0 Å². The Morgan fingerprint density at radius 3 is 2.55 bits per heavy atom. The van der Waals surface area contributed by atoms with Crippen LogP contribution in [0.1, 0.15) is 18.9 Å². The standard InChI is InChI=1S/C24H27FN2O2/c1-3-13-26-14-15-27(23(28)4-2)17-20(24(26)29)16-18-9-11-19(12-10-18)21-7-5-6-8-22(21)25/h3,5-12,20H,1,4,13-17H2,2H3. The largest absolute Gasteiger partial charge is 0.340 e. The SMILES string of the molecule is C=CCN1CCN(C(=O)CC)CC(Cc2ccc(-c3ccccc3F)cc2)C1=O. The molecule has 1 unspecified atom stereocenters. The normalized spacial score (nSPS) is 17.2. The molecule has 1 aliphatic rings. The fourth-order valence-corrected chi connectivity index (χ4v) is 3.78. The molecule has 0 N–H and O–H groups in total. The Morgan fingerprint density at radius 1 is 1.17 bits per heavy atom. The predicted molar refractivity (Wildman–Crippen MR) is 113 cm³/mol. The summed E-state index contributed by atoms with van der Waals surface area (Å²) in [6, 6.07) is 14.3. The van der Waals surface area contributed by atoms with Crippen molar-refractivity contribution in [1.29, 1.82) is 0 Å². The van der Waals surface area contributed by atoms with Gasteiger partial charge >= 0.3 is 0 Å². The van der Waals surface area contributed by atoms with E-state index in [0.29, 0.717) is 44.6 Å². The molecule has 1 heterocycles. The Bertz CT molecular complexity index is 879. The van der Waals surface area contributed by atoms with Crippen LogP contribution in [-0.2, 0) is 16.0 Å². The summed E-state index contributed by atoms with van der Waals surface area (Å²) in [6.07, 6.45) is 2.69. The highest BCUT2D eigenvalue weighted by molar-refractivity contribution is 5.82. The third-order valence-electron chi connectivity index (χ3n) is 5.37. The summed E-state index contributed by atoms with van der Waals surface area (Å²) in [5.74, 6) is -0.437. The van der Waals surface area contributed by atoms with Gasteiger partial charge in [0, 0.05) is 38.2 Å². The van der Waals surface area contributed by atoms with E-state index in [9.17, 15) is 14.0 Å². The fraction of sp³-hybridized carbons (Fsp3) is 0.333. The fourth-order valence-electron chi connectivity index (χ4n) is 3.78. The average molecular weight is 394 g/mol. The summed E-state index contributed by atoms with van der Waals surface area (Å²) >= 11 is 0. The Morgan fingerprint density at radius 2 is 1.90 bits per heavy atom. The van der Waals surface area contributed by atoms with Crippen molar-refractivity contribution in [3.8, 4) is 11.1 Å². The van der Waals surface area contributed by atoms with Gasteiger partial charge in [0.1, 0.15) is 5.82 Å². The minimum absolute atomic E-state index is 0.0504. The molecule has 0 bridgehead atoms. The lowest BCUT2D eigenvalue weighted by Gasteiger charge is -2.23. The van der Waals surface area contributed by atoms with Crippen LogP contribution < -0.4 is 0 Å². The molecule has 4 nitrogen and oxygen atoms in total. The molecule has 3 rings (SSSR count). The molecule has 0 spiro atoms. The second-order valence-electron chi connectivity index (χ2n) is 7.34. The number of hydrogen-bond acceptors (Lipinski definition) is 2. The van der Waals surface area contributed by atoms with Crippen molar-refractivity contribution in [3.63, 3.8) is 0 Å². The van der Waals surface area contributed by atoms with Gasteiger partial charge in [0.05, 0.1) is 5.92 Å². The van der Waals surface area contributed by atoms with E-state index in [0.717, 1.165) is 11.1 Å². The third kappa shape index (κ3) is 4.91. The van der Waals surface area contributed by atoms with E-state index in [1.807, 2.05) is 37.3 Å². The van der Waals surface area contributed by atoms with Crippen LogP contribution in [0.2, 0.25) is 0 Å². The van der Waals surface area contributed by atoms with E-state index in [1.54, 1.807) is 28.0 Å². The second-order valence-corrected chi connectivity index (χ2v) is 7.34. The summed E-state index contributed by atoms with van der Waals surface area (Å²) in [7, 11) is 0. The van der Waals surface area contributed by atoms with Crippen LogP contribution in [0, 0.1) is 11.7 Å². The summed E-state index contributed by atoms with van der Waals surface area (Å²) < 4.78 is 14.0. The van der Waals surface area contributed by atoms with E-state index in [-0.39, 0.29) is 23.5 Å². The smallest absolute Gasteiger partial charge is 0.228 e. The molecule has 1 fully saturated rings. The van der Waals surface area contributed by atoms with Gasteiger partial charge in [-0.3, -0.25) is 9.59 Å². The van der Waals surface area contributed by atoms with Gasteiger partial charge in [0.2, 0.25) is 11.8 Å². The van der Waals surface area contributed by atoms with Crippen molar-refractivity contribution < 1.29 is 14.0 Å². The van der Waals surface area contributed by atoms with Crippen molar-refractivity contribution in [2.45, 2.75) is 19.8 Å². The highest BCUT2D eigenvalue weighted by Gasteiger charge is 2.31. The minimum Gasteiger partial charge on any atom is -0.340 e. The predicted octanol–water partition coefficient (Wildman–Crippen LogP) is 3.92. The third-order valence-corrected chi connectivity index (χ3v) is 5.37. The van der Waals surface area contributed by atoms with Crippen LogP contribution in [0.15, 0.2) is 61.2 Å². The summed E-state index contributed by atoms with van der Waals surface area (Å²) in [5, 5.41) is 0. The van der Waals surface area contributed by atoms with Gasteiger partial charge in [-0.25, -0.2) is 4.39 Å². The molecular formula is C24H27FN2O2. The topological polar surface area (TPSA) is 40.6 Å². The quantitative estimate of drug-likeness (QED) is 0.697. The lowest BCUT2D eigenvalue weighted by Crippen LogP contribution is -2.37. The van der Waals surface area contributed by atoms with Gasteiger partial charge in [-0.15, -0.1) is 6.58 Å². The minimum atomic E-state index is -0.299. The molecule has 0 radical (unpaired) electrons. The lowest BCUT2D eigenvalue weighted by atomic mass is 9.95. The van der Waals surface area contributed by atoms with Crippen molar-refractivity contribution >= 4 is 11.8 Å². The number of benzene rings is 2. The van der Waals surface area contributed by atoms with Crippen molar-refractivity contribution in [2.24, 2.45) is 5.92 Å². The van der Waals surface area contributed by atoms with Crippen molar-refractivity contribution in [2.75, 3.05) is 26.2 Å². The van der Waals surface area contributed by atoms with Crippen LogP contribution in [-0.4, -0.2) is 47.8 Å². The number of carbonyl (C=O) groups excluding carboxylic acids is 2. The molecule has 0 saturated carbocycles. The molecule has 5 heteroatoms. The zero-order valence-electron chi connectivity index (χ0n) is 16.8. The Hall–Kier alpha value is -2.95. The van der Waals surface area contributed by atoms with Crippen LogP contribution in [0.4, 0.5) is 4.39 Å². The molecule has 2 amide bonds. The molecule has 1 aliphatic heterocycles. The molecule has 2 aromatic carbocycles. The Labute approximate surface area is 171 Å². The number of hydrogen-bond donors (Lipinski definition) is 0. The Kier molecular flexibility index (Phi) is 6.81. The van der Waals surface area contributed by atoms with Gasteiger partial charge in [0.25, 0.3) is 0 Å². The molecule has 152 valence electrons. The molecule has 0 aromatic heterocycles. The summed E-state index contributed by atoms with van der Waals surface area (Å²) in [6.45, 7) is 7.56. The first-order chi connectivity index (χ1) is 14.0. The molecule has 1 atom stereocenters. The first-order valence-electron chi connectivity index (χ1n) is 10.0. The molecule has 29 heavy (non-hydrogen) atoms.